The number of fused-ring (bicyclic) bond motifs is 1. The lowest BCUT2D eigenvalue weighted by Crippen LogP contribution is -2.55. The number of ether oxygens (including phenoxy) is 1. The van der Waals surface area contributed by atoms with Crippen LogP contribution in [0.25, 0.3) is 0 Å². The summed E-state index contributed by atoms with van der Waals surface area (Å²) in [6.07, 6.45) is 3.77. The molecule has 0 radical (unpaired) electrons. The summed E-state index contributed by atoms with van der Waals surface area (Å²) in [6.45, 7) is 5.29. The molecule has 0 spiro atoms. The van der Waals surface area contributed by atoms with Crippen molar-refractivity contribution < 1.29 is 9.53 Å². The van der Waals surface area contributed by atoms with Crippen LogP contribution in [0, 0.1) is 0 Å². The Balaban J connectivity index is 0.00000210. The van der Waals surface area contributed by atoms with Crippen molar-refractivity contribution in [3.8, 4) is 0 Å². The normalized spacial score (nSPS) is 22.6. The molecule has 4 heterocycles. The van der Waals surface area contributed by atoms with E-state index in [-0.39, 0.29) is 36.0 Å². The van der Waals surface area contributed by atoms with Gasteiger partial charge in [-0.25, -0.2) is 0 Å². The molecule has 1 amide bonds. The fraction of sp³-hybridized carbons (Fsp3) is 0.765. The Bertz CT molecular complexity index is 679. The van der Waals surface area contributed by atoms with Gasteiger partial charge >= 0.3 is 0 Å². The Morgan fingerprint density at radius 2 is 1.96 bits per heavy atom. The monoisotopic (exact) mass is 489 g/mol. The molecule has 0 aliphatic carbocycles. The van der Waals surface area contributed by atoms with Crippen LogP contribution < -0.4 is 5.32 Å². The Labute approximate surface area is 176 Å². The molecule has 1 aromatic heterocycles. The van der Waals surface area contributed by atoms with E-state index in [0.29, 0.717) is 26.2 Å². The molecule has 150 valence electrons. The SMILES string of the molecule is CN=C(NCc1nnc2n1CCC2)N1CCN(C(=O)C2CCCO2)CC1.I. The molecule has 0 bridgehead atoms. The van der Waals surface area contributed by atoms with E-state index in [0.717, 1.165) is 62.9 Å². The minimum atomic E-state index is -0.228. The first-order valence-electron chi connectivity index (χ1n) is 9.53. The first kappa shape index (κ1) is 20.3. The smallest absolute Gasteiger partial charge is 0.251 e. The summed E-state index contributed by atoms with van der Waals surface area (Å²) in [5.74, 6) is 3.04. The first-order valence-corrected chi connectivity index (χ1v) is 9.53. The molecule has 2 fully saturated rings. The standard InChI is InChI=1S/C17H27N7O2.HI/c1-18-17(19-12-15-21-20-14-5-2-6-24(14)15)23-9-7-22(8-10-23)16(25)13-4-3-11-26-13;/h13H,2-12H2,1H3,(H,18,19);1H. The molecule has 3 aliphatic rings. The third kappa shape index (κ3) is 4.36. The summed E-state index contributed by atoms with van der Waals surface area (Å²) < 4.78 is 7.72. The van der Waals surface area contributed by atoms with E-state index in [1.54, 1.807) is 7.05 Å². The molecule has 0 saturated carbocycles. The van der Waals surface area contributed by atoms with Crippen molar-refractivity contribution in [1.29, 1.82) is 0 Å². The van der Waals surface area contributed by atoms with Gasteiger partial charge < -0.3 is 24.4 Å². The molecule has 1 unspecified atom stereocenters. The topological polar surface area (TPSA) is 87.9 Å². The number of guanidine groups is 1. The van der Waals surface area contributed by atoms with E-state index in [1.165, 1.54) is 0 Å². The van der Waals surface area contributed by atoms with E-state index in [9.17, 15) is 4.79 Å². The Morgan fingerprint density at radius 3 is 2.67 bits per heavy atom. The lowest BCUT2D eigenvalue weighted by atomic mass is 10.2. The Hall–Kier alpha value is -1.43. The van der Waals surface area contributed by atoms with Crippen LogP contribution in [0.2, 0.25) is 0 Å². The van der Waals surface area contributed by atoms with Gasteiger partial charge in [-0.15, -0.1) is 34.2 Å². The van der Waals surface area contributed by atoms with E-state index in [2.05, 4.69) is 30.0 Å². The van der Waals surface area contributed by atoms with Gasteiger partial charge in [-0.2, -0.15) is 0 Å². The molecular weight excluding hydrogens is 461 g/mol. The van der Waals surface area contributed by atoms with Crippen molar-refractivity contribution in [1.82, 2.24) is 29.9 Å². The van der Waals surface area contributed by atoms with Crippen LogP contribution in [-0.2, 0) is 29.0 Å². The molecule has 1 N–H and O–H groups in total. The van der Waals surface area contributed by atoms with Crippen molar-refractivity contribution in [2.45, 2.75) is 44.9 Å². The van der Waals surface area contributed by atoms with Crippen molar-refractivity contribution in [3.05, 3.63) is 11.6 Å². The molecule has 9 nitrogen and oxygen atoms in total. The van der Waals surface area contributed by atoms with E-state index < -0.39 is 0 Å². The third-order valence-corrected chi connectivity index (χ3v) is 5.40. The minimum Gasteiger partial charge on any atom is -0.368 e. The van der Waals surface area contributed by atoms with Crippen LogP contribution in [0.1, 0.15) is 30.9 Å². The summed E-state index contributed by atoms with van der Waals surface area (Å²) in [7, 11) is 1.79. The number of nitrogens with zero attached hydrogens (tertiary/aromatic N) is 6. The maximum absolute atomic E-state index is 12.5. The number of aliphatic imine (C=N–C) groups is 1. The summed E-state index contributed by atoms with van der Waals surface area (Å²) in [6, 6.07) is 0. The molecule has 2 saturated heterocycles. The number of carbonyl (C=O) groups excluding carboxylic acids is 1. The molecular formula is C17H28IN7O2. The number of piperazine rings is 1. The van der Waals surface area contributed by atoms with Crippen LogP contribution in [0.3, 0.4) is 0 Å². The highest BCUT2D eigenvalue weighted by molar-refractivity contribution is 14.0. The number of aromatic nitrogens is 3. The fourth-order valence-electron chi connectivity index (χ4n) is 3.95. The number of hydrogen-bond donors (Lipinski definition) is 1. The number of nitrogens with one attached hydrogen (secondary N) is 1. The van der Waals surface area contributed by atoms with Gasteiger partial charge in [-0.3, -0.25) is 9.79 Å². The minimum absolute atomic E-state index is 0. The van der Waals surface area contributed by atoms with Crippen molar-refractivity contribution in [3.63, 3.8) is 0 Å². The Morgan fingerprint density at radius 1 is 1.19 bits per heavy atom. The average molecular weight is 489 g/mol. The third-order valence-electron chi connectivity index (χ3n) is 5.40. The molecule has 27 heavy (non-hydrogen) atoms. The quantitative estimate of drug-likeness (QED) is 0.372. The van der Waals surface area contributed by atoms with Crippen LogP contribution >= 0.6 is 24.0 Å². The molecule has 0 aromatic carbocycles. The zero-order valence-electron chi connectivity index (χ0n) is 15.8. The van der Waals surface area contributed by atoms with Gasteiger partial charge in [0, 0.05) is 52.8 Å². The second-order valence-corrected chi connectivity index (χ2v) is 7.00. The number of carbonyl (C=O) groups is 1. The van der Waals surface area contributed by atoms with Crippen LogP contribution in [-0.4, -0.2) is 82.4 Å². The highest BCUT2D eigenvalue weighted by atomic mass is 127. The van der Waals surface area contributed by atoms with Crippen LogP contribution in [0.5, 0.6) is 0 Å². The van der Waals surface area contributed by atoms with Crippen LogP contribution in [0.4, 0.5) is 0 Å². The van der Waals surface area contributed by atoms with Gasteiger partial charge in [0.2, 0.25) is 0 Å². The number of amides is 1. The highest BCUT2D eigenvalue weighted by Crippen LogP contribution is 2.16. The highest BCUT2D eigenvalue weighted by Gasteiger charge is 2.31. The predicted octanol–water partition coefficient (Wildman–Crippen LogP) is 0.241. The number of rotatable bonds is 3. The zero-order chi connectivity index (χ0) is 17.9. The number of halogens is 1. The van der Waals surface area contributed by atoms with E-state index in [1.807, 2.05) is 4.90 Å². The van der Waals surface area contributed by atoms with Gasteiger partial charge in [0.25, 0.3) is 5.91 Å². The largest absolute Gasteiger partial charge is 0.368 e. The second-order valence-electron chi connectivity index (χ2n) is 7.00. The van der Waals surface area contributed by atoms with E-state index in [4.69, 9.17) is 4.74 Å². The number of hydrogen-bond acceptors (Lipinski definition) is 5. The lowest BCUT2D eigenvalue weighted by molar-refractivity contribution is -0.142. The number of aryl methyl sites for hydroxylation is 1. The zero-order valence-corrected chi connectivity index (χ0v) is 18.1. The second kappa shape index (κ2) is 9.18. The summed E-state index contributed by atoms with van der Waals surface area (Å²) in [5, 5.41) is 11.9. The summed E-state index contributed by atoms with van der Waals surface area (Å²) >= 11 is 0. The predicted molar refractivity (Wildman–Crippen MR) is 111 cm³/mol. The van der Waals surface area contributed by atoms with Crippen molar-refractivity contribution in [2.75, 3.05) is 39.8 Å². The fourth-order valence-corrected chi connectivity index (χ4v) is 3.95. The first-order chi connectivity index (χ1) is 12.8. The molecule has 10 heteroatoms. The van der Waals surface area contributed by atoms with Gasteiger partial charge in [0.15, 0.2) is 11.8 Å². The lowest BCUT2D eigenvalue weighted by Gasteiger charge is -2.37. The maximum Gasteiger partial charge on any atom is 0.251 e. The van der Waals surface area contributed by atoms with E-state index >= 15 is 0 Å². The summed E-state index contributed by atoms with van der Waals surface area (Å²) in [4.78, 5) is 21.0. The summed E-state index contributed by atoms with van der Waals surface area (Å²) in [5.41, 5.74) is 0. The van der Waals surface area contributed by atoms with Gasteiger partial charge in [0.05, 0.1) is 6.54 Å². The van der Waals surface area contributed by atoms with Gasteiger partial charge in [-0.05, 0) is 19.3 Å². The molecule has 1 atom stereocenters. The Kier molecular flexibility index (Phi) is 6.90. The average Bonchev–Trinajstić information content (AvgIpc) is 3.41. The van der Waals surface area contributed by atoms with Crippen molar-refractivity contribution in [2.24, 2.45) is 4.99 Å². The molecule has 3 aliphatic heterocycles. The van der Waals surface area contributed by atoms with Crippen molar-refractivity contribution >= 4 is 35.8 Å². The molecule has 1 aromatic rings. The van der Waals surface area contributed by atoms with Gasteiger partial charge in [0.1, 0.15) is 11.9 Å². The molecule has 4 rings (SSSR count). The van der Waals surface area contributed by atoms with Crippen LogP contribution in [0.15, 0.2) is 4.99 Å². The van der Waals surface area contributed by atoms with Gasteiger partial charge in [-0.1, -0.05) is 0 Å². The maximum atomic E-state index is 12.5.